The first-order chi connectivity index (χ1) is 9.52. The summed E-state index contributed by atoms with van der Waals surface area (Å²) >= 11 is 3.98. The van der Waals surface area contributed by atoms with Crippen molar-refractivity contribution in [2.24, 2.45) is 5.41 Å². The minimum absolute atomic E-state index is 0.170. The van der Waals surface area contributed by atoms with Gasteiger partial charge in [0.05, 0.1) is 7.14 Å². The lowest BCUT2D eigenvalue weighted by molar-refractivity contribution is -0.143. The molecule has 3 N–H and O–H groups in total. The number of benzene rings is 1. The van der Waals surface area contributed by atoms with Crippen LogP contribution in [0.25, 0.3) is 0 Å². The molecule has 5 nitrogen and oxygen atoms in total. The normalized spacial score (nSPS) is 12.8. The summed E-state index contributed by atoms with van der Waals surface area (Å²) in [6.07, 6.45) is 0.170. The zero-order valence-corrected chi connectivity index (χ0v) is 16.2. The Morgan fingerprint density at radius 3 is 2.10 bits per heavy atom. The molecule has 1 aromatic carbocycles. The molecule has 0 radical (unpaired) electrons. The van der Waals surface area contributed by atoms with Gasteiger partial charge in [-0.25, -0.2) is 4.79 Å². The van der Waals surface area contributed by atoms with Crippen molar-refractivity contribution in [1.29, 1.82) is 0 Å². The molecule has 0 aliphatic rings. The first-order valence-electron chi connectivity index (χ1n) is 6.23. The van der Waals surface area contributed by atoms with Gasteiger partial charge in [0.1, 0.15) is 11.8 Å². The number of phenolic OH excluding ortho intramolecular Hbond substituents is 1. The minimum atomic E-state index is -1.08. The molecular weight excluding hydrogens is 500 g/mol. The van der Waals surface area contributed by atoms with E-state index in [0.717, 1.165) is 5.56 Å². The van der Waals surface area contributed by atoms with Crippen molar-refractivity contribution in [1.82, 2.24) is 5.32 Å². The van der Waals surface area contributed by atoms with Crippen LogP contribution >= 0.6 is 45.2 Å². The Kier molecular flexibility index (Phi) is 6.26. The van der Waals surface area contributed by atoms with Crippen LogP contribution in [0.15, 0.2) is 12.1 Å². The summed E-state index contributed by atoms with van der Waals surface area (Å²) in [6.45, 7) is 5.19. The van der Waals surface area contributed by atoms with E-state index in [-0.39, 0.29) is 18.1 Å². The van der Waals surface area contributed by atoms with E-state index in [0.29, 0.717) is 7.14 Å². The van der Waals surface area contributed by atoms with Gasteiger partial charge < -0.3 is 15.5 Å². The molecule has 0 bridgehead atoms. The predicted octanol–water partition coefficient (Wildman–Crippen LogP) is 2.76. The molecule has 21 heavy (non-hydrogen) atoms. The van der Waals surface area contributed by atoms with E-state index >= 15 is 0 Å². The molecule has 0 spiro atoms. The number of carbonyl (C=O) groups excluding carboxylic acids is 1. The summed E-state index contributed by atoms with van der Waals surface area (Å²) in [4.78, 5) is 23.3. The zero-order valence-electron chi connectivity index (χ0n) is 11.9. The third-order valence-corrected chi connectivity index (χ3v) is 4.45. The van der Waals surface area contributed by atoms with Gasteiger partial charge in [0.25, 0.3) is 0 Å². The van der Waals surface area contributed by atoms with Gasteiger partial charge >= 0.3 is 5.97 Å². The van der Waals surface area contributed by atoms with Crippen molar-refractivity contribution >= 4 is 57.1 Å². The average Bonchev–Trinajstić information content (AvgIpc) is 2.33. The third kappa shape index (κ3) is 5.28. The van der Waals surface area contributed by atoms with Crippen LogP contribution in [0.5, 0.6) is 5.75 Å². The standard InChI is InChI=1S/C14H17I2NO4/c1-14(2,3)13(21)17-10(12(19)20)6-7-4-8(15)11(18)9(16)5-7/h4-5,10,18H,6H2,1-3H3,(H,17,21)(H,19,20). The quantitative estimate of drug-likeness (QED) is 0.537. The Bertz CT molecular complexity index is 544. The fraction of sp³-hybridized carbons (Fsp3) is 0.429. The molecule has 1 unspecified atom stereocenters. The van der Waals surface area contributed by atoms with E-state index in [4.69, 9.17) is 0 Å². The number of carbonyl (C=O) groups is 2. The largest absolute Gasteiger partial charge is 0.506 e. The van der Waals surface area contributed by atoms with Crippen LogP contribution in [0.3, 0.4) is 0 Å². The molecular formula is C14H17I2NO4. The molecule has 1 atom stereocenters. The van der Waals surface area contributed by atoms with Crippen LogP contribution in [-0.2, 0) is 16.0 Å². The molecule has 0 saturated heterocycles. The van der Waals surface area contributed by atoms with E-state index in [1.807, 2.05) is 45.2 Å². The molecule has 0 saturated carbocycles. The van der Waals surface area contributed by atoms with Crippen LogP contribution in [-0.4, -0.2) is 28.1 Å². The van der Waals surface area contributed by atoms with Gasteiger partial charge in [-0.3, -0.25) is 4.79 Å². The van der Waals surface area contributed by atoms with Crippen LogP contribution < -0.4 is 5.32 Å². The predicted molar refractivity (Wildman–Crippen MR) is 96.3 cm³/mol. The molecule has 116 valence electrons. The van der Waals surface area contributed by atoms with Crippen LogP contribution in [0.2, 0.25) is 0 Å². The molecule has 0 aliphatic heterocycles. The van der Waals surface area contributed by atoms with E-state index < -0.39 is 17.4 Å². The summed E-state index contributed by atoms with van der Waals surface area (Å²) in [5.41, 5.74) is 0.106. The number of halogens is 2. The summed E-state index contributed by atoms with van der Waals surface area (Å²) in [5.74, 6) is -1.20. The first-order valence-corrected chi connectivity index (χ1v) is 8.38. The lowest BCUT2D eigenvalue weighted by Gasteiger charge is -2.22. The molecule has 0 heterocycles. The fourth-order valence-electron chi connectivity index (χ4n) is 1.55. The van der Waals surface area contributed by atoms with E-state index in [1.54, 1.807) is 32.9 Å². The van der Waals surface area contributed by atoms with Crippen LogP contribution in [0, 0.1) is 12.6 Å². The first kappa shape index (κ1) is 18.5. The third-order valence-electron chi connectivity index (χ3n) is 2.80. The zero-order chi connectivity index (χ0) is 16.4. The molecule has 0 aliphatic carbocycles. The molecule has 0 aromatic heterocycles. The Balaban J connectivity index is 2.95. The highest BCUT2D eigenvalue weighted by Gasteiger charge is 2.27. The van der Waals surface area contributed by atoms with Gasteiger partial charge in [-0.1, -0.05) is 20.8 Å². The van der Waals surface area contributed by atoms with Crippen LogP contribution in [0.4, 0.5) is 0 Å². The summed E-state index contributed by atoms with van der Waals surface area (Å²) < 4.78 is 1.31. The van der Waals surface area contributed by atoms with Gasteiger partial charge in [0.15, 0.2) is 0 Å². The van der Waals surface area contributed by atoms with Crippen molar-refractivity contribution in [2.45, 2.75) is 33.2 Å². The van der Waals surface area contributed by atoms with Gasteiger partial charge in [-0.15, -0.1) is 0 Å². The van der Waals surface area contributed by atoms with Crippen molar-refractivity contribution in [2.75, 3.05) is 0 Å². The van der Waals surface area contributed by atoms with Crippen LogP contribution in [0.1, 0.15) is 26.3 Å². The monoisotopic (exact) mass is 517 g/mol. The van der Waals surface area contributed by atoms with Crippen molar-refractivity contribution < 1.29 is 19.8 Å². The number of carboxylic acids is 1. The highest BCUT2D eigenvalue weighted by Crippen LogP contribution is 2.28. The number of aromatic hydroxyl groups is 1. The van der Waals surface area contributed by atoms with Gasteiger partial charge in [0.2, 0.25) is 5.91 Å². The number of carboxylic acid groups (broad SMARTS) is 1. The number of nitrogens with one attached hydrogen (secondary N) is 1. The summed E-state index contributed by atoms with van der Waals surface area (Å²) in [6, 6.07) is 2.45. The summed E-state index contributed by atoms with van der Waals surface area (Å²) in [5, 5.41) is 21.6. The molecule has 1 amide bonds. The number of amides is 1. The summed E-state index contributed by atoms with van der Waals surface area (Å²) in [7, 11) is 0. The smallest absolute Gasteiger partial charge is 0.326 e. The maximum atomic E-state index is 11.9. The van der Waals surface area contributed by atoms with Gasteiger partial charge in [-0.2, -0.15) is 0 Å². The van der Waals surface area contributed by atoms with E-state index in [1.165, 1.54) is 0 Å². The van der Waals surface area contributed by atoms with Gasteiger partial charge in [-0.05, 0) is 62.9 Å². The Morgan fingerprint density at radius 2 is 1.71 bits per heavy atom. The molecule has 1 aromatic rings. The molecule has 1 rings (SSSR count). The maximum Gasteiger partial charge on any atom is 0.326 e. The number of hydrogen-bond donors (Lipinski definition) is 3. The number of rotatable bonds is 4. The second-order valence-corrected chi connectivity index (χ2v) is 8.05. The highest BCUT2D eigenvalue weighted by molar-refractivity contribution is 14.1. The Hall–Kier alpha value is -0.580. The van der Waals surface area contributed by atoms with Crippen molar-refractivity contribution in [3.05, 3.63) is 24.8 Å². The van der Waals surface area contributed by atoms with E-state index in [2.05, 4.69) is 5.32 Å². The van der Waals surface area contributed by atoms with Crippen molar-refractivity contribution in [3.8, 4) is 5.75 Å². The average molecular weight is 517 g/mol. The Labute approximate surface area is 150 Å². The second-order valence-electron chi connectivity index (χ2n) is 5.73. The van der Waals surface area contributed by atoms with Crippen molar-refractivity contribution in [3.63, 3.8) is 0 Å². The maximum absolute atomic E-state index is 11.9. The second kappa shape index (κ2) is 7.12. The lowest BCUT2D eigenvalue weighted by Crippen LogP contribution is -2.46. The number of aliphatic carboxylic acids is 1. The fourth-order valence-corrected chi connectivity index (χ4v) is 3.44. The highest BCUT2D eigenvalue weighted by atomic mass is 127. The lowest BCUT2D eigenvalue weighted by atomic mass is 9.94. The van der Waals surface area contributed by atoms with E-state index in [9.17, 15) is 19.8 Å². The molecule has 0 fully saturated rings. The number of hydrogen-bond acceptors (Lipinski definition) is 3. The molecule has 7 heteroatoms. The SMILES string of the molecule is CC(C)(C)C(=O)NC(Cc1cc(I)c(O)c(I)c1)C(=O)O. The topological polar surface area (TPSA) is 86.6 Å². The minimum Gasteiger partial charge on any atom is -0.506 e. The number of phenols is 1. The van der Waals surface area contributed by atoms with Gasteiger partial charge in [0, 0.05) is 11.8 Å². The Morgan fingerprint density at radius 1 is 1.24 bits per heavy atom.